The predicted molar refractivity (Wildman–Crippen MR) is 149 cm³/mol. The summed E-state index contributed by atoms with van der Waals surface area (Å²) in [6.45, 7) is 6.19. The molecule has 2 saturated heterocycles. The van der Waals surface area contributed by atoms with Gasteiger partial charge in [-0.15, -0.1) is 0 Å². The van der Waals surface area contributed by atoms with Gasteiger partial charge in [0.15, 0.2) is 0 Å². The van der Waals surface area contributed by atoms with Gasteiger partial charge in [0.1, 0.15) is 10.9 Å². The Labute approximate surface area is 225 Å². The largest absolute Gasteiger partial charge is 0.370 e. The van der Waals surface area contributed by atoms with Crippen LogP contribution in [0.15, 0.2) is 53.4 Å². The van der Waals surface area contributed by atoms with Crippen molar-refractivity contribution in [2.24, 2.45) is 22.7 Å². The van der Waals surface area contributed by atoms with Crippen LogP contribution in [-0.2, 0) is 21.2 Å². The zero-order valence-corrected chi connectivity index (χ0v) is 23.1. The summed E-state index contributed by atoms with van der Waals surface area (Å²) < 4.78 is 25.6. The summed E-state index contributed by atoms with van der Waals surface area (Å²) in [7, 11) is -4.12. The lowest BCUT2D eigenvalue weighted by molar-refractivity contribution is -0.120. The number of hydrogen-bond donors (Lipinski definition) is 2. The first-order valence-corrected chi connectivity index (χ1v) is 14.9. The van der Waals surface area contributed by atoms with Crippen molar-refractivity contribution in [2.75, 3.05) is 36.0 Å². The van der Waals surface area contributed by atoms with E-state index in [1.165, 1.54) is 16.5 Å². The third kappa shape index (κ3) is 6.30. The van der Waals surface area contributed by atoms with Crippen LogP contribution in [-0.4, -0.2) is 57.5 Å². The van der Waals surface area contributed by atoms with Gasteiger partial charge in [0, 0.05) is 31.9 Å². The van der Waals surface area contributed by atoms with Crippen LogP contribution >= 0.6 is 0 Å². The second-order valence-electron chi connectivity index (χ2n) is 10.8. The summed E-state index contributed by atoms with van der Waals surface area (Å²) in [5, 5.41) is 5.70. The number of hydrogen-bond acceptors (Lipinski definition) is 5. The molecule has 3 amide bonds. The monoisotopic (exact) mass is 541 g/mol. The van der Waals surface area contributed by atoms with E-state index in [4.69, 9.17) is 10.9 Å². The quantitative estimate of drug-likeness (QED) is 0.530. The number of piperidine rings is 1. The Bertz CT molecular complexity index is 1240. The first-order chi connectivity index (χ1) is 18.1. The number of carbonyl (C=O) groups excluding carboxylic acids is 2. The van der Waals surface area contributed by atoms with Crippen molar-refractivity contribution >= 4 is 33.3 Å². The van der Waals surface area contributed by atoms with E-state index < -0.39 is 22.0 Å². The van der Waals surface area contributed by atoms with E-state index in [2.05, 4.69) is 12.1 Å². The smallest absolute Gasteiger partial charge is 0.325 e. The highest BCUT2D eigenvalue weighted by molar-refractivity contribution is 7.89. The molecule has 1 atom stereocenters. The number of primary amides is 1. The van der Waals surface area contributed by atoms with E-state index in [1.807, 2.05) is 36.9 Å². The molecule has 1 unspecified atom stereocenters. The number of nitrogens with two attached hydrogens (primary N) is 2. The van der Waals surface area contributed by atoms with Crippen molar-refractivity contribution in [3.05, 3.63) is 54.1 Å². The van der Waals surface area contributed by atoms with Crippen LogP contribution in [0.4, 0.5) is 16.2 Å². The van der Waals surface area contributed by atoms with Crippen molar-refractivity contribution in [2.45, 2.75) is 56.9 Å². The molecule has 2 aliphatic rings. The van der Waals surface area contributed by atoms with Crippen molar-refractivity contribution in [3.8, 4) is 0 Å². The van der Waals surface area contributed by atoms with E-state index >= 15 is 0 Å². The molecule has 2 heterocycles. The molecule has 206 valence electrons. The minimum atomic E-state index is -4.12. The second-order valence-corrected chi connectivity index (χ2v) is 12.3. The van der Waals surface area contributed by atoms with Crippen LogP contribution in [0.1, 0.15) is 45.1 Å². The Balaban J connectivity index is 1.63. The summed E-state index contributed by atoms with van der Waals surface area (Å²) >= 11 is 0. The first-order valence-electron chi connectivity index (χ1n) is 13.4. The SMILES string of the molecule is CC(C)C(C(N)=O)N(C(=O)N1CCCC1)c1ccc(N2CCC(Cc3ccccc3)CC2)c(S(N)(=O)=O)c1. The van der Waals surface area contributed by atoms with Crippen LogP contribution in [0.2, 0.25) is 0 Å². The number of likely N-dealkylation sites (tertiary alicyclic amines) is 1. The topological polar surface area (TPSA) is 130 Å². The standard InChI is InChI=1S/C28H39N5O4S/c1-20(2)26(27(29)34)33(28(35)32-14-6-7-15-32)23-10-11-24(25(19-23)38(30,36)37)31-16-12-22(13-17-31)18-21-8-4-3-5-9-21/h3-5,8-11,19-20,22,26H,6-7,12-18H2,1-2H3,(H2,29,34)(H2,30,36,37). The number of nitrogens with zero attached hydrogens (tertiary/aromatic N) is 3. The summed E-state index contributed by atoms with van der Waals surface area (Å²) in [4.78, 5) is 31.1. The van der Waals surface area contributed by atoms with Crippen molar-refractivity contribution in [1.82, 2.24) is 4.90 Å². The molecule has 2 fully saturated rings. The molecule has 2 aromatic rings. The van der Waals surface area contributed by atoms with Crippen LogP contribution < -0.4 is 20.7 Å². The summed E-state index contributed by atoms with van der Waals surface area (Å²) in [6, 6.07) is 13.9. The highest BCUT2D eigenvalue weighted by Crippen LogP contribution is 2.35. The van der Waals surface area contributed by atoms with Crippen LogP contribution in [0.3, 0.4) is 0 Å². The number of rotatable bonds is 8. The van der Waals surface area contributed by atoms with Crippen molar-refractivity contribution in [1.29, 1.82) is 0 Å². The molecule has 38 heavy (non-hydrogen) atoms. The molecule has 0 spiro atoms. The third-order valence-electron chi connectivity index (χ3n) is 7.63. The molecule has 2 aromatic carbocycles. The van der Waals surface area contributed by atoms with Gasteiger partial charge in [-0.2, -0.15) is 0 Å². The number of benzene rings is 2. The van der Waals surface area contributed by atoms with E-state index in [0.717, 1.165) is 32.1 Å². The van der Waals surface area contributed by atoms with E-state index in [-0.39, 0.29) is 16.8 Å². The van der Waals surface area contributed by atoms with Gasteiger partial charge in [0.25, 0.3) is 0 Å². The fourth-order valence-corrected chi connectivity index (χ4v) is 6.45. The zero-order chi connectivity index (χ0) is 27.4. The average Bonchev–Trinajstić information content (AvgIpc) is 3.42. The number of primary sulfonamides is 1. The number of carbonyl (C=O) groups is 2. The normalized spacial score (nSPS) is 17.6. The lowest BCUT2D eigenvalue weighted by Gasteiger charge is -2.37. The molecule has 2 aliphatic heterocycles. The maximum atomic E-state index is 13.6. The minimum absolute atomic E-state index is 0.0530. The first kappa shape index (κ1) is 27.9. The van der Waals surface area contributed by atoms with Gasteiger partial charge in [0.05, 0.1) is 5.69 Å². The van der Waals surface area contributed by atoms with Crippen molar-refractivity contribution < 1.29 is 18.0 Å². The lowest BCUT2D eigenvalue weighted by atomic mass is 9.90. The molecule has 10 heteroatoms. The minimum Gasteiger partial charge on any atom is -0.370 e. The van der Waals surface area contributed by atoms with Gasteiger partial charge in [-0.1, -0.05) is 44.2 Å². The molecular weight excluding hydrogens is 502 g/mol. The number of sulfonamides is 1. The van der Waals surface area contributed by atoms with Gasteiger partial charge in [-0.25, -0.2) is 18.4 Å². The Morgan fingerprint density at radius 2 is 1.63 bits per heavy atom. The average molecular weight is 542 g/mol. The zero-order valence-electron chi connectivity index (χ0n) is 22.3. The molecule has 0 aliphatic carbocycles. The fraction of sp³-hybridized carbons (Fsp3) is 0.500. The molecule has 9 nitrogen and oxygen atoms in total. The molecular formula is C28H39N5O4S. The van der Waals surface area contributed by atoms with Gasteiger partial charge in [-0.05, 0) is 67.7 Å². The van der Waals surface area contributed by atoms with Gasteiger partial charge >= 0.3 is 6.03 Å². The molecule has 4 rings (SSSR count). The number of anilines is 2. The maximum Gasteiger partial charge on any atom is 0.325 e. The summed E-state index contributed by atoms with van der Waals surface area (Å²) in [6.07, 6.45) is 4.61. The molecule has 0 radical (unpaired) electrons. The molecule has 0 aromatic heterocycles. The van der Waals surface area contributed by atoms with Crippen molar-refractivity contribution in [3.63, 3.8) is 0 Å². The van der Waals surface area contributed by atoms with E-state index in [9.17, 15) is 18.0 Å². The molecule has 0 bridgehead atoms. The Morgan fingerprint density at radius 1 is 1.00 bits per heavy atom. The Hall–Kier alpha value is -3.11. The maximum absolute atomic E-state index is 13.6. The fourth-order valence-electron chi connectivity index (χ4n) is 5.67. The van der Waals surface area contributed by atoms with Crippen LogP contribution in [0.25, 0.3) is 0 Å². The molecule has 0 saturated carbocycles. The Kier molecular flexibility index (Phi) is 8.62. The highest BCUT2D eigenvalue weighted by atomic mass is 32.2. The highest BCUT2D eigenvalue weighted by Gasteiger charge is 2.36. The van der Waals surface area contributed by atoms with Crippen LogP contribution in [0, 0.1) is 11.8 Å². The third-order valence-corrected chi connectivity index (χ3v) is 8.57. The lowest BCUT2D eigenvalue weighted by Crippen LogP contribution is -2.55. The summed E-state index contributed by atoms with van der Waals surface area (Å²) in [5.41, 5.74) is 7.87. The molecule has 4 N–H and O–H groups in total. The predicted octanol–water partition coefficient (Wildman–Crippen LogP) is 3.33. The Morgan fingerprint density at radius 3 is 2.18 bits per heavy atom. The second kappa shape index (κ2) is 11.7. The number of urea groups is 1. The van der Waals surface area contributed by atoms with Gasteiger partial charge < -0.3 is 15.5 Å². The van der Waals surface area contributed by atoms with Gasteiger partial charge in [0.2, 0.25) is 15.9 Å². The van der Waals surface area contributed by atoms with Gasteiger partial charge in [-0.3, -0.25) is 9.69 Å². The van der Waals surface area contributed by atoms with E-state index in [1.54, 1.807) is 17.0 Å². The number of amides is 3. The van der Waals surface area contributed by atoms with E-state index in [0.29, 0.717) is 43.5 Å². The van der Waals surface area contributed by atoms with Crippen LogP contribution in [0.5, 0.6) is 0 Å². The summed E-state index contributed by atoms with van der Waals surface area (Å²) in [5.74, 6) is -0.406.